The third-order valence-electron chi connectivity index (χ3n) is 3.02. The molecule has 0 fully saturated rings. The van der Waals surface area contributed by atoms with Gasteiger partial charge in [0.1, 0.15) is 0 Å². The number of thioether (sulfide) groups is 1. The van der Waals surface area contributed by atoms with E-state index in [2.05, 4.69) is 31.2 Å². The first-order valence-electron chi connectivity index (χ1n) is 6.55. The van der Waals surface area contributed by atoms with Crippen molar-refractivity contribution in [3.8, 4) is 0 Å². The molecule has 0 spiro atoms. The predicted molar refractivity (Wildman–Crippen MR) is 91.4 cm³/mol. The number of halogens is 1. The molecule has 0 bridgehead atoms. The average Bonchev–Trinajstić information content (AvgIpc) is 2.86. The second kappa shape index (κ2) is 6.47. The third-order valence-corrected chi connectivity index (χ3v) is 4.69. The van der Waals surface area contributed by atoms with E-state index in [1.165, 1.54) is 6.20 Å². The first kappa shape index (κ1) is 15.6. The number of carbonyl (C=O) groups excluding carboxylic acids is 1. The van der Waals surface area contributed by atoms with Crippen molar-refractivity contribution in [2.75, 3.05) is 11.1 Å². The lowest BCUT2D eigenvalue weighted by molar-refractivity contribution is -0.645. The fraction of sp³-hybridized carbons (Fsp3) is 0.0714. The molecule has 0 aliphatic rings. The van der Waals surface area contributed by atoms with Gasteiger partial charge >= 0.3 is 5.69 Å². The molecule has 0 aliphatic heterocycles. The molecule has 3 aromatic rings. The zero-order chi connectivity index (χ0) is 16.4. The maximum atomic E-state index is 12.0. The molecule has 0 saturated carbocycles. The van der Waals surface area contributed by atoms with E-state index in [4.69, 9.17) is 0 Å². The van der Waals surface area contributed by atoms with Crippen LogP contribution in [-0.4, -0.2) is 21.6 Å². The van der Waals surface area contributed by atoms with E-state index in [1.54, 1.807) is 30.3 Å². The van der Waals surface area contributed by atoms with Crippen molar-refractivity contribution in [1.82, 2.24) is 9.97 Å². The van der Waals surface area contributed by atoms with Crippen molar-refractivity contribution >= 4 is 50.3 Å². The van der Waals surface area contributed by atoms with Crippen molar-refractivity contribution in [3.05, 3.63) is 56.7 Å². The molecule has 23 heavy (non-hydrogen) atoms. The van der Waals surface area contributed by atoms with Gasteiger partial charge in [0.25, 0.3) is 5.03 Å². The highest BCUT2D eigenvalue weighted by atomic mass is 79.9. The average molecular weight is 395 g/mol. The minimum Gasteiger partial charge on any atom is -0.618 e. The summed E-state index contributed by atoms with van der Waals surface area (Å²) in [5.41, 5.74) is 1.48. The number of hydrogen-bond acceptors (Lipinski definition) is 4. The number of nitrogens with one attached hydrogen (secondary N) is 3. The van der Waals surface area contributed by atoms with Crippen molar-refractivity contribution < 1.29 is 9.52 Å². The molecule has 0 unspecified atom stereocenters. The molecule has 0 saturated heterocycles. The number of hydrogen-bond donors (Lipinski definition) is 3. The molecular formula is C14H11BrN4O3S. The van der Waals surface area contributed by atoms with Gasteiger partial charge in [-0.25, -0.2) is 4.79 Å². The molecule has 0 aliphatic carbocycles. The summed E-state index contributed by atoms with van der Waals surface area (Å²) in [7, 11) is 0. The predicted octanol–water partition coefficient (Wildman–Crippen LogP) is 1.98. The Kier molecular flexibility index (Phi) is 4.39. The Labute approximate surface area is 142 Å². The van der Waals surface area contributed by atoms with E-state index < -0.39 is 0 Å². The van der Waals surface area contributed by atoms with Crippen molar-refractivity contribution in [1.29, 1.82) is 0 Å². The van der Waals surface area contributed by atoms with Crippen molar-refractivity contribution in [2.45, 2.75) is 5.03 Å². The number of anilines is 1. The summed E-state index contributed by atoms with van der Waals surface area (Å²) < 4.78 is 1.36. The third kappa shape index (κ3) is 3.57. The zero-order valence-electron chi connectivity index (χ0n) is 11.6. The lowest BCUT2D eigenvalue weighted by Gasteiger charge is -2.07. The Bertz CT molecular complexity index is 937. The van der Waals surface area contributed by atoms with Crippen LogP contribution in [0, 0.1) is 5.21 Å². The van der Waals surface area contributed by atoms with Gasteiger partial charge in [-0.15, -0.1) is 0 Å². The molecular weight excluding hydrogens is 384 g/mol. The number of aromatic amines is 2. The normalized spacial score (nSPS) is 10.8. The molecule has 0 radical (unpaired) electrons. The Hall–Kier alpha value is -2.26. The second-order valence-corrected chi connectivity index (χ2v) is 6.51. The quantitative estimate of drug-likeness (QED) is 0.357. The van der Waals surface area contributed by atoms with Gasteiger partial charge in [0, 0.05) is 16.6 Å². The molecule has 2 aromatic heterocycles. The van der Waals surface area contributed by atoms with Gasteiger partial charge in [-0.3, -0.25) is 4.79 Å². The van der Waals surface area contributed by atoms with Crippen LogP contribution < -0.4 is 15.7 Å². The fourth-order valence-electron chi connectivity index (χ4n) is 2.00. The van der Waals surface area contributed by atoms with E-state index in [0.29, 0.717) is 30.9 Å². The number of aromatic nitrogens is 3. The highest BCUT2D eigenvalue weighted by Crippen LogP contribution is 2.26. The standard InChI is InChI=1S/C14H11BrN4O3S/c15-8-5-10-11(18-14(21)17-10)6-9(8)16-12(20)7-23-13-3-1-2-4-19(13)22/h1-6H,7H2,(H,16,20)(H2,17,18,21). The van der Waals surface area contributed by atoms with Crippen LogP contribution in [-0.2, 0) is 4.79 Å². The first-order valence-corrected chi connectivity index (χ1v) is 8.33. The summed E-state index contributed by atoms with van der Waals surface area (Å²) >= 11 is 4.50. The molecule has 1 amide bonds. The smallest absolute Gasteiger partial charge is 0.323 e. The van der Waals surface area contributed by atoms with E-state index in [9.17, 15) is 14.8 Å². The molecule has 1 aromatic carbocycles. The van der Waals surface area contributed by atoms with E-state index in [0.717, 1.165) is 11.8 Å². The maximum absolute atomic E-state index is 12.0. The number of rotatable bonds is 4. The van der Waals surface area contributed by atoms with Crippen LogP contribution in [0.5, 0.6) is 0 Å². The molecule has 7 nitrogen and oxygen atoms in total. The van der Waals surface area contributed by atoms with Crippen LogP contribution in [0.25, 0.3) is 11.0 Å². The SMILES string of the molecule is O=C(CSc1cccc[n+]1[O-])Nc1cc2[nH]c(=O)[nH]c2cc1Br. The highest BCUT2D eigenvalue weighted by molar-refractivity contribution is 9.10. The van der Waals surface area contributed by atoms with Crippen LogP contribution in [0.4, 0.5) is 5.69 Å². The zero-order valence-corrected chi connectivity index (χ0v) is 14.0. The van der Waals surface area contributed by atoms with Crippen molar-refractivity contribution in [3.63, 3.8) is 0 Å². The van der Waals surface area contributed by atoms with Gasteiger partial charge in [-0.2, -0.15) is 4.73 Å². The van der Waals surface area contributed by atoms with Crippen LogP contribution in [0.15, 0.2) is 50.8 Å². The number of pyridine rings is 1. The van der Waals surface area contributed by atoms with Gasteiger partial charge in [0.2, 0.25) is 5.91 Å². The summed E-state index contributed by atoms with van der Waals surface area (Å²) in [5, 5.41) is 14.7. The van der Waals surface area contributed by atoms with Gasteiger partial charge < -0.3 is 20.5 Å². The largest absolute Gasteiger partial charge is 0.618 e. The van der Waals surface area contributed by atoms with Crippen LogP contribution >= 0.6 is 27.7 Å². The number of benzene rings is 1. The molecule has 3 rings (SSSR count). The number of fused-ring (bicyclic) bond motifs is 1. The number of carbonyl (C=O) groups is 1. The molecule has 118 valence electrons. The monoisotopic (exact) mass is 394 g/mol. The minimum atomic E-state index is -0.310. The number of imidazole rings is 1. The van der Waals surface area contributed by atoms with Crippen molar-refractivity contribution in [2.24, 2.45) is 0 Å². The van der Waals surface area contributed by atoms with E-state index >= 15 is 0 Å². The van der Waals surface area contributed by atoms with Gasteiger partial charge in [-0.05, 0) is 45.9 Å². The Balaban J connectivity index is 1.71. The topological polar surface area (TPSA) is 105 Å². The summed E-state index contributed by atoms with van der Waals surface area (Å²) in [6.07, 6.45) is 1.38. The Morgan fingerprint density at radius 3 is 2.78 bits per heavy atom. The fourth-order valence-corrected chi connectivity index (χ4v) is 3.16. The Morgan fingerprint density at radius 1 is 1.30 bits per heavy atom. The molecule has 0 atom stereocenters. The van der Waals surface area contributed by atoms with Gasteiger partial charge in [0.05, 0.1) is 22.5 Å². The lowest BCUT2D eigenvalue weighted by Crippen LogP contribution is -2.28. The number of H-pyrrole nitrogens is 2. The first-order chi connectivity index (χ1) is 11.0. The summed E-state index contributed by atoms with van der Waals surface area (Å²) in [6, 6.07) is 8.38. The van der Waals surface area contributed by atoms with Crippen LogP contribution in [0.3, 0.4) is 0 Å². The summed E-state index contributed by atoms with van der Waals surface area (Å²) in [6.45, 7) is 0. The molecule has 2 heterocycles. The second-order valence-electron chi connectivity index (χ2n) is 4.66. The highest BCUT2D eigenvalue weighted by Gasteiger charge is 2.12. The van der Waals surface area contributed by atoms with Crippen LogP contribution in [0.2, 0.25) is 0 Å². The van der Waals surface area contributed by atoms with Gasteiger partial charge in [0.15, 0.2) is 6.20 Å². The van der Waals surface area contributed by atoms with E-state index in [-0.39, 0.29) is 17.3 Å². The maximum Gasteiger partial charge on any atom is 0.323 e. The molecule has 9 heteroatoms. The van der Waals surface area contributed by atoms with Gasteiger partial charge in [-0.1, -0.05) is 0 Å². The minimum absolute atomic E-state index is 0.0976. The Morgan fingerprint density at radius 2 is 2.04 bits per heavy atom. The van der Waals surface area contributed by atoms with Crippen LogP contribution in [0.1, 0.15) is 0 Å². The summed E-state index contributed by atoms with van der Waals surface area (Å²) in [5.74, 6) is -0.155. The lowest BCUT2D eigenvalue weighted by atomic mass is 10.3. The summed E-state index contributed by atoms with van der Waals surface area (Å²) in [4.78, 5) is 28.6. The number of amides is 1. The van der Waals surface area contributed by atoms with E-state index in [1.807, 2.05) is 0 Å². The molecule has 3 N–H and O–H groups in total. The number of nitrogens with zero attached hydrogens (tertiary/aromatic N) is 1.